The summed E-state index contributed by atoms with van der Waals surface area (Å²) in [6, 6.07) is 9.73. The number of carbonyl (C=O) groups is 1. The van der Waals surface area contributed by atoms with Crippen LogP contribution >= 0.6 is 11.3 Å². The number of nitrogens with zero attached hydrogens (tertiary/aromatic N) is 3. The predicted octanol–water partition coefficient (Wildman–Crippen LogP) is 5.62. The van der Waals surface area contributed by atoms with Gasteiger partial charge in [-0.1, -0.05) is 22.6 Å². The molecule has 8 rings (SSSR count). The first-order valence-corrected chi connectivity index (χ1v) is 17.5. The van der Waals surface area contributed by atoms with Crippen LogP contribution in [0.15, 0.2) is 40.9 Å². The first-order valence-electron chi connectivity index (χ1n) is 15.2. The fraction of sp³-hybridized carbons (Fsp3) is 0.452. The van der Waals surface area contributed by atoms with Crippen LogP contribution in [-0.4, -0.2) is 47.8 Å². The highest BCUT2D eigenvalue weighted by atomic mass is 32.2. The highest BCUT2D eigenvalue weighted by Crippen LogP contribution is 2.45. The zero-order valence-electron chi connectivity index (χ0n) is 23.8. The van der Waals surface area contributed by atoms with Gasteiger partial charge >= 0.3 is 0 Å². The topological polar surface area (TPSA) is 117 Å². The second kappa shape index (κ2) is 10.6. The number of fused-ring (bicyclic) bond motifs is 3. The number of benzene rings is 2. The first kappa shape index (κ1) is 28.1. The van der Waals surface area contributed by atoms with Crippen LogP contribution in [0.2, 0.25) is 0 Å². The van der Waals surface area contributed by atoms with Gasteiger partial charge in [0.05, 0.1) is 21.0 Å². The van der Waals surface area contributed by atoms with E-state index >= 15 is 0 Å². The summed E-state index contributed by atoms with van der Waals surface area (Å²) in [7, 11) is -3.62. The Labute approximate surface area is 257 Å². The fourth-order valence-corrected chi connectivity index (χ4v) is 9.24. The van der Waals surface area contributed by atoms with E-state index in [-0.39, 0.29) is 35.3 Å². The average molecular weight is 640 g/mol. The van der Waals surface area contributed by atoms with Crippen molar-refractivity contribution in [3.63, 3.8) is 0 Å². The lowest BCUT2D eigenvalue weighted by molar-refractivity contribution is 0.0981. The lowest BCUT2D eigenvalue weighted by Gasteiger charge is -2.39. The van der Waals surface area contributed by atoms with Crippen LogP contribution in [0.5, 0.6) is 0 Å². The fourth-order valence-electron chi connectivity index (χ4n) is 6.80. The minimum Gasteiger partial charge on any atom is -0.360 e. The zero-order valence-corrected chi connectivity index (χ0v) is 25.4. The summed E-state index contributed by atoms with van der Waals surface area (Å²) in [5.74, 6) is -0.947. The number of thiazole rings is 1. The van der Waals surface area contributed by atoms with E-state index in [2.05, 4.69) is 20.1 Å². The Morgan fingerprint density at radius 1 is 1.02 bits per heavy atom. The van der Waals surface area contributed by atoms with E-state index in [1.165, 1.54) is 29.5 Å². The van der Waals surface area contributed by atoms with E-state index in [0.717, 1.165) is 65.2 Å². The van der Waals surface area contributed by atoms with E-state index in [4.69, 9.17) is 9.51 Å². The molecule has 4 fully saturated rings. The zero-order chi connectivity index (χ0) is 30.2. The Kier molecular flexibility index (Phi) is 6.76. The largest absolute Gasteiger partial charge is 0.360 e. The summed E-state index contributed by atoms with van der Waals surface area (Å²) < 4.78 is 62.5. The van der Waals surface area contributed by atoms with Crippen molar-refractivity contribution in [3.8, 4) is 11.3 Å². The Morgan fingerprint density at radius 3 is 2.43 bits per heavy atom. The van der Waals surface area contributed by atoms with Gasteiger partial charge in [0, 0.05) is 41.7 Å². The average Bonchev–Trinajstić information content (AvgIpc) is 3.92. The number of piperidine rings is 1. The lowest BCUT2D eigenvalue weighted by atomic mass is 9.97. The molecule has 2 aliphatic heterocycles. The number of hydrogen-bond acceptors (Lipinski definition) is 9. The third-order valence-corrected chi connectivity index (χ3v) is 12.2. The van der Waals surface area contributed by atoms with Gasteiger partial charge in [-0.15, -0.1) is 0 Å². The van der Waals surface area contributed by atoms with E-state index in [9.17, 15) is 22.0 Å². The van der Waals surface area contributed by atoms with Crippen molar-refractivity contribution in [1.29, 1.82) is 0 Å². The number of halogens is 2. The lowest BCUT2D eigenvalue weighted by Crippen LogP contribution is -2.49. The third-order valence-electron chi connectivity index (χ3n) is 9.33. The molecule has 2 aromatic heterocycles. The molecule has 0 spiro atoms. The van der Waals surface area contributed by atoms with Gasteiger partial charge < -0.3 is 14.7 Å². The van der Waals surface area contributed by atoms with E-state index in [1.807, 2.05) is 0 Å². The maximum Gasteiger partial charge on any atom is 0.264 e. The Morgan fingerprint density at radius 2 is 1.75 bits per heavy atom. The predicted molar refractivity (Wildman–Crippen MR) is 162 cm³/mol. The third kappa shape index (κ3) is 5.08. The smallest absolute Gasteiger partial charge is 0.264 e. The van der Waals surface area contributed by atoms with E-state index in [1.54, 1.807) is 18.2 Å². The molecule has 4 aliphatic rings. The molecule has 0 radical (unpaired) electrons. The molecule has 4 heterocycles. The minimum atomic E-state index is -3.62. The molecule has 2 saturated heterocycles. The molecule has 2 saturated carbocycles. The first-order chi connectivity index (χ1) is 21.2. The van der Waals surface area contributed by atoms with Gasteiger partial charge in [0.15, 0.2) is 5.13 Å². The van der Waals surface area contributed by atoms with Gasteiger partial charge in [-0.05, 0) is 81.7 Å². The number of hydrogen-bond donors (Lipinski definition) is 2. The summed E-state index contributed by atoms with van der Waals surface area (Å²) in [6.45, 7) is 0.422. The van der Waals surface area contributed by atoms with Gasteiger partial charge in [0.1, 0.15) is 23.1 Å². The monoisotopic (exact) mass is 639 g/mol. The van der Waals surface area contributed by atoms with Crippen molar-refractivity contribution in [2.45, 2.75) is 87.2 Å². The van der Waals surface area contributed by atoms with Crippen LogP contribution in [0.25, 0.3) is 21.5 Å². The van der Waals surface area contributed by atoms with Gasteiger partial charge in [0.25, 0.3) is 5.91 Å². The van der Waals surface area contributed by atoms with Crippen molar-refractivity contribution in [3.05, 3.63) is 64.9 Å². The molecule has 2 N–H and O–H groups in total. The van der Waals surface area contributed by atoms with Crippen molar-refractivity contribution >= 4 is 42.6 Å². The standard InChI is InChI=1S/C31H31F2N5O4S2/c32-23-2-1-3-24(33)27(23)28-22(29(42-36-28)16-4-5-16)15-34-18-13-19-7-8-20(14-18)38(19)31-35-25-11-6-17(12-26(25)43-31)30(39)37-44(40,41)21-9-10-21/h1-3,6,11-12,16,18-21,34H,4-5,7-10,13-15H2,(H,37,39). The molecule has 1 amide bonds. The molecule has 2 aliphatic carbocycles. The maximum absolute atomic E-state index is 14.7. The number of aromatic nitrogens is 2. The molecular weight excluding hydrogens is 609 g/mol. The summed E-state index contributed by atoms with van der Waals surface area (Å²) in [5.41, 5.74) is 1.91. The molecule has 230 valence electrons. The van der Waals surface area contributed by atoms with Gasteiger partial charge in [-0.2, -0.15) is 0 Å². The van der Waals surface area contributed by atoms with Crippen LogP contribution in [0.1, 0.15) is 79.0 Å². The number of nitrogens with one attached hydrogen (secondary N) is 2. The van der Waals surface area contributed by atoms with Crippen LogP contribution < -0.4 is 14.9 Å². The van der Waals surface area contributed by atoms with Crippen LogP contribution in [-0.2, 0) is 16.6 Å². The highest BCUT2D eigenvalue weighted by Gasteiger charge is 2.43. The van der Waals surface area contributed by atoms with Crippen LogP contribution in [0.3, 0.4) is 0 Å². The maximum atomic E-state index is 14.7. The summed E-state index contributed by atoms with van der Waals surface area (Å²) in [6.07, 6.45) is 7.01. The molecule has 2 bridgehead atoms. The Balaban J connectivity index is 0.977. The quantitative estimate of drug-likeness (QED) is 0.243. The van der Waals surface area contributed by atoms with E-state index in [0.29, 0.717) is 24.9 Å². The number of anilines is 1. The molecule has 2 unspecified atom stereocenters. The van der Waals surface area contributed by atoms with Crippen molar-refractivity contribution in [2.75, 3.05) is 4.90 Å². The molecular formula is C31H31F2N5O4S2. The SMILES string of the molecule is O=C(NS(=O)(=O)C1CC1)c1ccc2nc(N3C4CCC3CC(NCc3c(-c5c(F)cccc5F)noc3C3CC3)C4)sc2c1. The molecule has 13 heteroatoms. The van der Waals surface area contributed by atoms with Crippen molar-refractivity contribution < 1.29 is 26.5 Å². The normalized spacial score (nSPS) is 23.4. The number of amides is 1. The second-order valence-corrected chi connectivity index (χ2v) is 15.4. The Bertz CT molecular complexity index is 1850. The van der Waals surface area contributed by atoms with E-state index < -0.39 is 32.8 Å². The van der Waals surface area contributed by atoms with Crippen LogP contribution in [0, 0.1) is 11.6 Å². The summed E-state index contributed by atoms with van der Waals surface area (Å²) >= 11 is 1.52. The van der Waals surface area contributed by atoms with Crippen molar-refractivity contribution in [2.24, 2.45) is 0 Å². The molecule has 2 atom stereocenters. The van der Waals surface area contributed by atoms with Crippen LogP contribution in [0.4, 0.5) is 13.9 Å². The Hall–Kier alpha value is -3.42. The molecule has 44 heavy (non-hydrogen) atoms. The van der Waals surface area contributed by atoms with Gasteiger partial charge in [0.2, 0.25) is 10.0 Å². The van der Waals surface area contributed by atoms with Gasteiger partial charge in [-0.25, -0.2) is 26.9 Å². The summed E-state index contributed by atoms with van der Waals surface area (Å²) in [4.78, 5) is 20.0. The number of carbonyl (C=O) groups excluding carboxylic acids is 1. The number of rotatable bonds is 9. The summed E-state index contributed by atoms with van der Waals surface area (Å²) in [5, 5.41) is 8.23. The number of sulfonamides is 1. The molecule has 2 aromatic carbocycles. The molecule has 4 aromatic rings. The minimum absolute atomic E-state index is 0.143. The van der Waals surface area contributed by atoms with Crippen molar-refractivity contribution in [1.82, 2.24) is 20.2 Å². The molecule has 9 nitrogen and oxygen atoms in total. The van der Waals surface area contributed by atoms with Gasteiger partial charge in [-0.3, -0.25) is 4.79 Å². The highest BCUT2D eigenvalue weighted by molar-refractivity contribution is 7.91. The second-order valence-electron chi connectivity index (χ2n) is 12.4.